The first-order chi connectivity index (χ1) is 15.8. The molecule has 1 radical (unpaired) electrons. The third kappa shape index (κ3) is 11.2. The predicted octanol–water partition coefficient (Wildman–Crippen LogP) is -7.67. The molecule has 0 spiro atoms. The smallest absolute Gasteiger partial charge is 0.547 e. The van der Waals surface area contributed by atoms with E-state index in [-0.39, 0.29) is 39.1 Å². The van der Waals surface area contributed by atoms with Crippen LogP contribution in [0.1, 0.15) is 13.8 Å². The minimum absolute atomic E-state index is 0. The molecule has 3 aliphatic heterocycles. The van der Waals surface area contributed by atoms with E-state index in [1.165, 1.54) is 0 Å². The normalized spacial score (nSPS) is 32.8. The molecule has 219 valence electrons. The second-order valence-corrected chi connectivity index (χ2v) is 8.74. The molecule has 3 fully saturated rings. The van der Waals surface area contributed by atoms with E-state index in [9.17, 15) is 19.8 Å². The van der Waals surface area contributed by atoms with Gasteiger partial charge in [0, 0.05) is 63.4 Å². The Labute approximate surface area is 221 Å². The van der Waals surface area contributed by atoms with Gasteiger partial charge in [-0.25, -0.2) is 0 Å². The van der Waals surface area contributed by atoms with Crippen molar-refractivity contribution in [2.24, 2.45) is 0 Å². The van der Waals surface area contributed by atoms with Crippen LogP contribution in [0.25, 0.3) is 0 Å². The Kier molecular flexibility index (Phi) is 15.6. The Morgan fingerprint density at radius 1 is 0.811 bits per heavy atom. The van der Waals surface area contributed by atoms with Gasteiger partial charge < -0.3 is 41.4 Å². The van der Waals surface area contributed by atoms with Crippen molar-refractivity contribution in [3.8, 4) is 0 Å². The summed E-state index contributed by atoms with van der Waals surface area (Å²) in [5.74, 6) is -2.23. The zero-order chi connectivity index (χ0) is 25.5. The summed E-state index contributed by atoms with van der Waals surface area (Å²) in [5.41, 5.74) is -0.777. The number of rotatable bonds is 5. The number of hydrogen-bond donors (Lipinski definition) is 4. The van der Waals surface area contributed by atoms with Crippen molar-refractivity contribution < 1.29 is 68.0 Å². The van der Waals surface area contributed by atoms with Crippen LogP contribution in [-0.2, 0) is 36.6 Å². The van der Waals surface area contributed by atoms with E-state index < -0.39 is 34.4 Å². The summed E-state index contributed by atoms with van der Waals surface area (Å²) >= 11 is 0. The zero-order valence-electron chi connectivity index (χ0n) is 20.0. The van der Waals surface area contributed by atoms with Crippen molar-refractivity contribution in [3.05, 3.63) is 20.2 Å². The van der Waals surface area contributed by atoms with E-state index >= 15 is 0 Å². The monoisotopic (exact) mass is 591 g/mol. The molecular formula is C16H32CuN8O12. The van der Waals surface area contributed by atoms with E-state index in [4.69, 9.17) is 20.2 Å². The standard InChI is InChI=1S/C16H30N6O4.Cu.N2O6.2H2O/c1-15-7-17-3-6-22-10-16(2,20-12(22)14(25)26)8-18-4-5-21(9-15)11(19-15)13(23)24;;3-1(4)7-8-2(5)6;;/h11-12,17-20H,3-10H2,1-2H3,(H,23,24)(H,25,26);;;2*1H2/q;+2;;;/p-2/t11-,12+,15-,16+;;;;. The molecule has 37 heavy (non-hydrogen) atoms. The summed E-state index contributed by atoms with van der Waals surface area (Å²) < 4.78 is 0. The number of hydrogen-bond acceptors (Lipinski definition) is 16. The average molecular weight is 592 g/mol. The van der Waals surface area contributed by atoms with Gasteiger partial charge in [-0.15, -0.1) is 30.2 Å². The molecular weight excluding hydrogens is 560 g/mol. The van der Waals surface area contributed by atoms with Gasteiger partial charge in [-0.1, -0.05) is 0 Å². The van der Waals surface area contributed by atoms with Crippen LogP contribution in [0.5, 0.6) is 0 Å². The van der Waals surface area contributed by atoms with Gasteiger partial charge in [-0.2, -0.15) is 0 Å². The summed E-state index contributed by atoms with van der Waals surface area (Å²) in [6, 6.07) is 0. The van der Waals surface area contributed by atoms with Gasteiger partial charge in [-0.05, 0) is 13.8 Å². The third-order valence-corrected chi connectivity index (χ3v) is 5.59. The van der Waals surface area contributed by atoms with Crippen LogP contribution in [-0.4, -0.2) is 119 Å². The number of nitrogens with one attached hydrogen (secondary N) is 4. The molecule has 20 nitrogen and oxygen atoms in total. The van der Waals surface area contributed by atoms with E-state index in [0.717, 1.165) is 0 Å². The topological polar surface area (TPSA) is 303 Å². The number of nitrogens with zero attached hydrogens (tertiary/aromatic N) is 4. The molecule has 3 heterocycles. The number of carboxylic acids is 2. The Morgan fingerprint density at radius 2 is 1.14 bits per heavy atom. The van der Waals surface area contributed by atoms with Crippen LogP contribution in [0.4, 0.5) is 0 Å². The van der Waals surface area contributed by atoms with Crippen molar-refractivity contribution in [1.82, 2.24) is 31.1 Å². The quantitative estimate of drug-likeness (QED) is 0.0997. The predicted molar refractivity (Wildman–Crippen MR) is 113 cm³/mol. The maximum Gasteiger partial charge on any atom is 2.00 e. The van der Waals surface area contributed by atoms with Gasteiger partial charge in [-0.3, -0.25) is 20.4 Å². The minimum atomic E-state index is -1.44. The molecule has 3 rings (SSSR count). The van der Waals surface area contributed by atoms with Crippen molar-refractivity contribution in [2.45, 2.75) is 37.3 Å². The molecule has 8 N–H and O–H groups in total. The molecule has 3 aliphatic rings. The van der Waals surface area contributed by atoms with E-state index in [1.54, 1.807) is 0 Å². The summed E-state index contributed by atoms with van der Waals surface area (Å²) in [7, 11) is 0. The first-order valence-electron chi connectivity index (χ1n) is 10.3. The molecule has 0 amide bonds. The number of carboxylic acid groups (broad SMARTS) is 2. The fourth-order valence-electron chi connectivity index (χ4n) is 4.29. The molecule has 3 saturated heterocycles. The summed E-state index contributed by atoms with van der Waals surface area (Å²) in [6.07, 6.45) is -1.60. The van der Waals surface area contributed by atoms with Gasteiger partial charge in [0.15, 0.2) is 0 Å². The third-order valence-electron chi connectivity index (χ3n) is 5.59. The summed E-state index contributed by atoms with van der Waals surface area (Å²) in [6.45, 7) is 8.63. The molecule has 21 heteroatoms. The van der Waals surface area contributed by atoms with Crippen molar-refractivity contribution in [2.75, 3.05) is 52.4 Å². The second kappa shape index (κ2) is 15.7. The fraction of sp³-hybridized carbons (Fsp3) is 0.875. The SMILES string of the molecule is C[C@]12CNCCN3C[C@@](C)(CNCCN(C1)[C@@H](C(=O)[O-])N2)N[C@H]3C(=O)[O-].O.O.O=[N+]([O-])OO[N+](=O)[O-].[Cu+2]. The molecule has 0 aliphatic carbocycles. The van der Waals surface area contributed by atoms with Crippen LogP contribution in [0.2, 0.25) is 0 Å². The molecule has 0 aromatic rings. The summed E-state index contributed by atoms with van der Waals surface area (Å²) in [4.78, 5) is 50.4. The molecule has 0 saturated carbocycles. The first-order valence-corrected chi connectivity index (χ1v) is 10.3. The Balaban J connectivity index is 0. The fourth-order valence-corrected chi connectivity index (χ4v) is 4.29. The summed E-state index contributed by atoms with van der Waals surface area (Å²) in [5, 5.41) is 51.1. The zero-order valence-corrected chi connectivity index (χ0v) is 20.9. The second-order valence-electron chi connectivity index (χ2n) is 8.74. The van der Waals surface area contributed by atoms with Crippen LogP contribution >= 0.6 is 0 Å². The van der Waals surface area contributed by atoms with Gasteiger partial charge in [0.1, 0.15) is 12.3 Å². The van der Waals surface area contributed by atoms with Gasteiger partial charge >= 0.3 is 27.2 Å². The number of carbonyl (C=O) groups excluding carboxylic acids is 2. The van der Waals surface area contributed by atoms with Crippen molar-refractivity contribution >= 4 is 11.9 Å². The van der Waals surface area contributed by atoms with E-state index in [0.29, 0.717) is 52.4 Å². The van der Waals surface area contributed by atoms with Crippen molar-refractivity contribution in [3.63, 3.8) is 0 Å². The molecule has 2 unspecified atom stereocenters. The largest absolute Gasteiger partial charge is 2.00 e. The number of aliphatic carboxylic acids is 2. The van der Waals surface area contributed by atoms with E-state index in [1.807, 2.05) is 23.6 Å². The van der Waals surface area contributed by atoms with Crippen LogP contribution in [0.3, 0.4) is 0 Å². The van der Waals surface area contributed by atoms with E-state index in [2.05, 4.69) is 31.2 Å². The van der Waals surface area contributed by atoms with Crippen LogP contribution in [0.15, 0.2) is 0 Å². The number of carbonyl (C=O) groups is 2. The molecule has 0 aromatic heterocycles. The maximum atomic E-state index is 11.4. The Hall–Kier alpha value is -2.46. The van der Waals surface area contributed by atoms with Gasteiger partial charge in [0.2, 0.25) is 0 Å². The Bertz CT molecular complexity index is 722. The first kappa shape index (κ1) is 36.7. The van der Waals surface area contributed by atoms with Gasteiger partial charge in [0.25, 0.3) is 0 Å². The molecule has 4 bridgehead atoms. The van der Waals surface area contributed by atoms with Crippen molar-refractivity contribution in [1.29, 1.82) is 0 Å². The van der Waals surface area contributed by atoms with Gasteiger partial charge in [0.05, 0.1) is 11.9 Å². The molecule has 0 aromatic carbocycles. The number of fused-ring (bicyclic) bond motifs is 4. The molecule has 6 atom stereocenters. The Morgan fingerprint density at radius 3 is 1.41 bits per heavy atom. The van der Waals surface area contributed by atoms with Crippen LogP contribution < -0.4 is 31.5 Å². The maximum absolute atomic E-state index is 11.4. The van der Waals surface area contributed by atoms with Crippen LogP contribution in [0, 0.1) is 20.2 Å². The minimum Gasteiger partial charge on any atom is -0.547 e. The average Bonchev–Trinajstić information content (AvgIpc) is 3.25.